The highest BCUT2D eigenvalue weighted by Gasteiger charge is 2.81. The minimum absolute atomic E-state index is 0.00931. The number of phenols is 1. The summed E-state index contributed by atoms with van der Waals surface area (Å²) in [6.45, 7) is 3.32. The van der Waals surface area contributed by atoms with Crippen LogP contribution in [0, 0.1) is 6.92 Å². The Morgan fingerprint density at radius 2 is 1.61 bits per heavy atom. The van der Waals surface area contributed by atoms with Crippen LogP contribution in [0.3, 0.4) is 0 Å². The third-order valence-corrected chi connectivity index (χ3v) is 15.5. The van der Waals surface area contributed by atoms with Crippen LogP contribution in [-0.4, -0.2) is 209 Å². The number of Topliss-reactive ketones (excluding diaryl/α,β-unsaturated/α-hetero) is 1. The minimum atomic E-state index is -1.97. The normalized spacial score (nSPS) is 28.5. The fourth-order valence-electron chi connectivity index (χ4n) is 11.5. The zero-order chi connectivity index (χ0) is 57.7. The van der Waals surface area contributed by atoms with Gasteiger partial charge in [0.2, 0.25) is 6.29 Å². The second-order valence-electron chi connectivity index (χ2n) is 20.6. The summed E-state index contributed by atoms with van der Waals surface area (Å²) in [5.41, 5.74) is 1.87. The zero-order valence-electron chi connectivity index (χ0n) is 44.8. The van der Waals surface area contributed by atoms with Crippen molar-refractivity contribution in [2.45, 2.75) is 106 Å². The number of aliphatic hydroxyl groups excluding tert-OH is 3. The van der Waals surface area contributed by atoms with Crippen LogP contribution in [0.5, 0.6) is 23.0 Å². The lowest BCUT2D eigenvalue weighted by atomic mass is 9.78. The fourth-order valence-corrected chi connectivity index (χ4v) is 11.5. The van der Waals surface area contributed by atoms with Crippen molar-refractivity contribution < 1.29 is 111 Å². The summed E-state index contributed by atoms with van der Waals surface area (Å²) in [6, 6.07) is 6.30. The van der Waals surface area contributed by atoms with Crippen molar-refractivity contribution in [1.29, 1.82) is 0 Å². The number of carboxylic acid groups (broad SMARTS) is 1. The first-order valence-corrected chi connectivity index (χ1v) is 26.6. The number of aromatic nitrogens is 3. The summed E-state index contributed by atoms with van der Waals surface area (Å²) in [6.07, 6.45) is -6.79. The summed E-state index contributed by atoms with van der Waals surface area (Å²) in [7, 11) is 2.99. The average molecular weight is 1150 g/mol. The van der Waals surface area contributed by atoms with Gasteiger partial charge in [0.05, 0.1) is 96.8 Å². The number of rotatable bonds is 24. The van der Waals surface area contributed by atoms with Gasteiger partial charge in [-0.2, -0.15) is 0 Å². The van der Waals surface area contributed by atoms with Gasteiger partial charge in [-0.05, 0) is 49.1 Å². The second-order valence-corrected chi connectivity index (χ2v) is 20.6. The first kappa shape index (κ1) is 56.9. The Balaban J connectivity index is 0.732. The molecule has 1 spiro atoms. The van der Waals surface area contributed by atoms with E-state index in [4.69, 9.17) is 61.6 Å². The van der Waals surface area contributed by atoms with Gasteiger partial charge in [0.1, 0.15) is 65.4 Å². The third-order valence-electron chi connectivity index (χ3n) is 15.5. The van der Waals surface area contributed by atoms with Gasteiger partial charge in [0.15, 0.2) is 29.4 Å². The fraction of sp³-hybridized carbons (Fsp3) is 0.537. The van der Waals surface area contributed by atoms with E-state index >= 15 is 0 Å². The molecule has 6 N–H and O–H groups in total. The molecule has 11 rings (SSSR count). The molecule has 1 aliphatic carbocycles. The number of hydrogen-bond acceptors (Lipinski definition) is 24. The number of aliphatic hydroxyl groups is 3. The molecule has 3 aromatic carbocycles. The largest absolute Gasteiger partial charge is 0.506 e. The highest BCUT2D eigenvalue weighted by molar-refractivity contribution is 6.13. The molecule has 7 aliphatic rings. The number of amides is 3. The number of alkyl carbamates (subject to hydrolysis) is 1. The molecule has 4 fully saturated rings. The number of ether oxygens (including phenoxy) is 13. The molecular weight excluding hydrogens is 1090 g/mol. The SMILES string of the molecule is COc1c2c(c(O)c3c4c(c(C)cc13)C1OC3(CNC(=O)OCc5ccc(O[C@@H]6O[C@H](C(=O)O)[C@@H](O)[C@H](O)[C@H]6O)c(-n6cc(COCCOCCOCCOCCN7C(=O)C=CC7=O)nn6)c5)C[C@]5(CO5)[C@](OC)(O4)C1O3)C(=O)CCC2. The number of phenolic OH excluding ortho intramolecular Hbond substituents is 1. The Hall–Kier alpha value is -6.93. The number of aryl methyl sites for hydroxylation is 1. The zero-order valence-corrected chi connectivity index (χ0v) is 44.8. The maximum atomic E-state index is 13.6. The van der Waals surface area contributed by atoms with Crippen molar-refractivity contribution in [1.82, 2.24) is 25.2 Å². The number of benzene rings is 3. The van der Waals surface area contributed by atoms with Gasteiger partial charge in [-0.3, -0.25) is 19.3 Å². The van der Waals surface area contributed by atoms with Crippen molar-refractivity contribution in [2.75, 3.05) is 80.2 Å². The van der Waals surface area contributed by atoms with E-state index in [2.05, 4.69) is 15.6 Å². The smallest absolute Gasteiger partial charge is 0.407 e. The first-order valence-electron chi connectivity index (χ1n) is 26.6. The number of hydrogen-bond donors (Lipinski definition) is 6. The van der Waals surface area contributed by atoms with Crippen LogP contribution in [0.1, 0.15) is 63.7 Å². The van der Waals surface area contributed by atoms with E-state index in [-0.39, 0.29) is 143 Å². The molecular formula is C54H61N5O23. The summed E-state index contributed by atoms with van der Waals surface area (Å²) in [5, 5.41) is 65.2. The molecule has 1 aromatic heterocycles. The van der Waals surface area contributed by atoms with Crippen LogP contribution in [0.4, 0.5) is 4.79 Å². The number of imide groups is 1. The summed E-state index contributed by atoms with van der Waals surface area (Å²) < 4.78 is 79.2. The molecule has 28 heteroatoms. The van der Waals surface area contributed by atoms with E-state index in [0.29, 0.717) is 46.4 Å². The lowest BCUT2D eigenvalue weighted by Gasteiger charge is -2.49. The van der Waals surface area contributed by atoms with Crippen LogP contribution < -0.4 is 19.5 Å². The van der Waals surface area contributed by atoms with Gasteiger partial charge in [-0.25, -0.2) is 14.3 Å². The number of nitrogens with one attached hydrogen (secondary N) is 1. The van der Waals surface area contributed by atoms with Crippen LogP contribution in [0.25, 0.3) is 16.5 Å². The van der Waals surface area contributed by atoms with Crippen molar-refractivity contribution in [3.05, 3.63) is 76.1 Å². The minimum Gasteiger partial charge on any atom is -0.506 e. The third kappa shape index (κ3) is 10.4. The number of carbonyl (C=O) groups is 5. The van der Waals surface area contributed by atoms with Gasteiger partial charge in [0.25, 0.3) is 17.6 Å². The average Bonchev–Trinajstić information content (AvgIpc) is 3.09. The van der Waals surface area contributed by atoms with Crippen LogP contribution >= 0.6 is 0 Å². The number of aromatic hydroxyl groups is 1. The predicted octanol–water partition coefficient (Wildman–Crippen LogP) is 0.712. The number of ketones is 1. The second kappa shape index (κ2) is 23.0. The topological polar surface area (TPSA) is 356 Å². The van der Waals surface area contributed by atoms with Crippen LogP contribution in [0.2, 0.25) is 0 Å². The highest BCUT2D eigenvalue weighted by atomic mass is 16.8. The number of carbonyl (C=O) groups excluding carboxylic acids is 4. The van der Waals surface area contributed by atoms with Gasteiger partial charge in [-0.1, -0.05) is 11.3 Å². The number of methoxy groups -OCH3 is 2. The van der Waals surface area contributed by atoms with Crippen LogP contribution in [0.15, 0.2) is 42.6 Å². The summed E-state index contributed by atoms with van der Waals surface area (Å²) in [5.74, 6) is -5.20. The molecule has 7 heterocycles. The Bertz CT molecular complexity index is 3170. The van der Waals surface area contributed by atoms with E-state index in [1.807, 2.05) is 13.0 Å². The first-order chi connectivity index (χ1) is 39.5. The molecule has 2 bridgehead atoms. The Morgan fingerprint density at radius 3 is 2.30 bits per heavy atom. The number of epoxide rings is 1. The quantitative estimate of drug-likeness (QED) is 0.0320. The lowest BCUT2D eigenvalue weighted by molar-refractivity contribution is -0.323. The lowest BCUT2D eigenvalue weighted by Crippen LogP contribution is -2.68. The van der Waals surface area contributed by atoms with Gasteiger partial charge < -0.3 is 92.4 Å². The number of aliphatic carboxylic acids is 1. The van der Waals surface area contributed by atoms with Crippen molar-refractivity contribution in [3.8, 4) is 28.7 Å². The molecule has 3 unspecified atom stereocenters. The molecule has 4 saturated heterocycles. The predicted molar refractivity (Wildman–Crippen MR) is 272 cm³/mol. The maximum absolute atomic E-state index is 13.6. The Morgan fingerprint density at radius 1 is 0.890 bits per heavy atom. The van der Waals surface area contributed by atoms with Crippen molar-refractivity contribution >= 4 is 40.4 Å². The maximum Gasteiger partial charge on any atom is 0.407 e. The molecule has 0 saturated carbocycles. The Labute approximate surface area is 466 Å². The van der Waals surface area contributed by atoms with E-state index < -0.39 is 72.2 Å². The molecule has 3 amide bonds. The van der Waals surface area contributed by atoms with E-state index in [1.165, 1.54) is 55.4 Å². The molecule has 6 aliphatic heterocycles. The number of nitrogens with zero attached hydrogens (tertiary/aromatic N) is 4. The van der Waals surface area contributed by atoms with E-state index in [0.717, 1.165) is 10.5 Å². The standard InChI is InChI=1S/C54H61N5O23/c1-27-19-31-39(40(63)38-30(44(31)70-2)5-4-6-33(38)60)45-37(27)46-48-54(71-3,81-45)52(26-77-52)24-53(80-46,82-48)25-55-51(69)76-22-28-7-8-34(78-50-43(66)41(64)42(65)47(79-50)49(67)68)32(20-28)59-21-29(56-57-59)23-75-18-17-74-16-15-73-14-13-72-12-11-58-35(61)9-10-36(58)62/h7-10,19-21,41-43,46-48,50,63-66H,4-6,11-18,22-26H2,1-3H3,(H,55,69)(H,67,68)/t41-,42-,43+,46?,47-,48?,50+,52-,53?,54+/m0/s1. The van der Waals surface area contributed by atoms with E-state index in [9.17, 15) is 49.5 Å². The summed E-state index contributed by atoms with van der Waals surface area (Å²) >= 11 is 0. The van der Waals surface area contributed by atoms with Crippen LogP contribution in [-0.2, 0) is 81.4 Å². The molecule has 10 atom stereocenters. The monoisotopic (exact) mass is 1150 g/mol. The Kier molecular flexibility index (Phi) is 16.0. The highest BCUT2D eigenvalue weighted by Crippen LogP contribution is 2.66. The summed E-state index contributed by atoms with van der Waals surface area (Å²) in [4.78, 5) is 63.2. The molecule has 4 aromatic rings. The molecule has 440 valence electrons. The molecule has 28 nitrogen and oxygen atoms in total. The number of carboxylic acids is 1. The van der Waals surface area contributed by atoms with E-state index in [1.54, 1.807) is 0 Å². The molecule has 0 radical (unpaired) electrons. The van der Waals surface area contributed by atoms with Gasteiger partial charge in [0, 0.05) is 48.6 Å². The van der Waals surface area contributed by atoms with Gasteiger partial charge >= 0.3 is 12.1 Å². The van der Waals surface area contributed by atoms with Gasteiger partial charge in [-0.15, -0.1) is 5.10 Å². The van der Waals surface area contributed by atoms with Crippen molar-refractivity contribution in [3.63, 3.8) is 0 Å². The number of fused-ring (bicyclic) bond motifs is 7. The molecule has 82 heavy (non-hydrogen) atoms. The van der Waals surface area contributed by atoms with Crippen molar-refractivity contribution in [2.24, 2.45) is 0 Å².